The second-order valence-corrected chi connectivity index (χ2v) is 2.48. The maximum Gasteiger partial charge on any atom is 0.398 e. The van der Waals surface area contributed by atoms with Crippen LogP contribution in [0.4, 0.5) is 13.2 Å². The van der Waals surface area contributed by atoms with Crippen LogP contribution in [-0.4, -0.2) is 6.18 Å². The van der Waals surface area contributed by atoms with E-state index in [1.807, 2.05) is 0 Å². The maximum absolute atomic E-state index is 12.1. The molecule has 1 rings (SSSR count). The molecule has 0 amide bonds. The first-order valence-corrected chi connectivity index (χ1v) is 3.39. The van der Waals surface area contributed by atoms with Crippen molar-refractivity contribution >= 4 is 0 Å². The molecule has 1 atom stereocenters. The molecule has 0 aromatic heterocycles. The van der Waals surface area contributed by atoms with Gasteiger partial charge in [-0.1, -0.05) is 18.2 Å². The Balaban J connectivity index is 2.87. The van der Waals surface area contributed by atoms with Gasteiger partial charge < -0.3 is 5.73 Å². The molecule has 0 aliphatic heterocycles. The van der Waals surface area contributed by atoms with Crippen molar-refractivity contribution < 1.29 is 13.2 Å². The van der Waals surface area contributed by atoms with Crippen LogP contribution in [0.25, 0.3) is 0 Å². The summed E-state index contributed by atoms with van der Waals surface area (Å²) in [5.41, 5.74) is 5.40. The fraction of sp³-hybridized carbons (Fsp3) is 0.250. The zero-order valence-electron chi connectivity index (χ0n) is 6.18. The molecule has 0 spiro atoms. The second kappa shape index (κ2) is 3.05. The van der Waals surface area contributed by atoms with Gasteiger partial charge in [0.1, 0.15) is 0 Å². The van der Waals surface area contributed by atoms with E-state index < -0.39 is 12.1 Å². The summed E-state index contributed by atoms with van der Waals surface area (Å²) in [6.45, 7) is 0. The summed E-state index contributed by atoms with van der Waals surface area (Å²) in [4.78, 5) is 0. The molecule has 4 heteroatoms. The Bertz CT molecular complexity index is 248. The summed E-state index contributed by atoms with van der Waals surface area (Å²) in [5.74, 6) is -1.56. The van der Waals surface area contributed by atoms with E-state index in [0.29, 0.717) is 0 Å². The third kappa shape index (κ3) is 2.15. The minimum atomic E-state index is -4.24. The van der Waals surface area contributed by atoms with E-state index in [2.05, 4.69) is 0 Å². The van der Waals surface area contributed by atoms with Crippen molar-refractivity contribution in [2.75, 3.05) is 0 Å². The number of halogens is 3. The average Bonchev–Trinajstić information content (AvgIpc) is 2.11. The molecule has 0 bridgehead atoms. The smallest absolute Gasteiger partial charge is 0.398 e. The molecule has 1 aliphatic carbocycles. The number of hydrogen-bond acceptors (Lipinski definition) is 1. The van der Waals surface area contributed by atoms with Crippen LogP contribution in [0.2, 0.25) is 0 Å². The highest BCUT2D eigenvalue weighted by Crippen LogP contribution is 2.29. The molecule has 66 valence electrons. The Morgan fingerprint density at radius 2 is 1.92 bits per heavy atom. The fourth-order valence-corrected chi connectivity index (χ4v) is 0.873. The molecule has 1 nitrogen and oxygen atoms in total. The molecule has 0 radical (unpaired) electrons. The highest BCUT2D eigenvalue weighted by molar-refractivity contribution is 5.26. The van der Waals surface area contributed by atoms with Gasteiger partial charge in [-0.05, 0) is 12.2 Å². The quantitative estimate of drug-likeness (QED) is 0.599. The van der Waals surface area contributed by atoms with Gasteiger partial charge in [-0.15, -0.1) is 0 Å². The van der Waals surface area contributed by atoms with E-state index in [1.165, 1.54) is 18.2 Å². The van der Waals surface area contributed by atoms with Crippen LogP contribution in [0.5, 0.6) is 0 Å². The predicted octanol–water partition coefficient (Wildman–Crippen LogP) is 2.13. The molecule has 12 heavy (non-hydrogen) atoms. The summed E-state index contributed by atoms with van der Waals surface area (Å²) in [7, 11) is 0. The Hall–Kier alpha value is -1.19. The molecule has 0 saturated heterocycles. The second-order valence-electron chi connectivity index (χ2n) is 2.48. The zero-order valence-corrected chi connectivity index (χ0v) is 6.18. The topological polar surface area (TPSA) is 26.0 Å². The van der Waals surface area contributed by atoms with Crippen LogP contribution in [-0.2, 0) is 0 Å². The largest absolute Gasteiger partial charge is 0.399 e. The van der Waals surface area contributed by atoms with Crippen LogP contribution < -0.4 is 5.73 Å². The van der Waals surface area contributed by atoms with Gasteiger partial charge >= 0.3 is 6.18 Å². The Labute approximate surface area is 68.1 Å². The molecule has 0 heterocycles. The van der Waals surface area contributed by atoms with Gasteiger partial charge in [-0.2, -0.15) is 13.2 Å². The lowest BCUT2D eigenvalue weighted by Gasteiger charge is -2.11. The summed E-state index contributed by atoms with van der Waals surface area (Å²) in [6.07, 6.45) is 2.07. The standard InChI is InChI=1S/C8H8F3N/c9-8(10,11)6-3-1-2-4-7(12)5-6/h1-6H,12H2. The Morgan fingerprint density at radius 1 is 1.25 bits per heavy atom. The summed E-state index contributed by atoms with van der Waals surface area (Å²) >= 11 is 0. The van der Waals surface area contributed by atoms with Crippen molar-refractivity contribution in [3.63, 3.8) is 0 Å². The first kappa shape index (κ1) is 8.90. The van der Waals surface area contributed by atoms with E-state index in [4.69, 9.17) is 5.73 Å². The monoisotopic (exact) mass is 175 g/mol. The zero-order chi connectivity index (χ0) is 9.19. The van der Waals surface area contributed by atoms with E-state index in [-0.39, 0.29) is 5.70 Å². The van der Waals surface area contributed by atoms with Gasteiger partial charge in [-0.3, -0.25) is 0 Å². The first-order chi connectivity index (χ1) is 5.50. The summed E-state index contributed by atoms with van der Waals surface area (Å²) in [6, 6.07) is 0. The SMILES string of the molecule is NC1=CC(C(F)(F)F)C=CC=C1. The lowest BCUT2D eigenvalue weighted by Crippen LogP contribution is -2.19. The molecule has 1 unspecified atom stereocenters. The van der Waals surface area contributed by atoms with Crippen LogP contribution in [0.1, 0.15) is 0 Å². The molecule has 0 fully saturated rings. The van der Waals surface area contributed by atoms with Crippen molar-refractivity contribution in [1.29, 1.82) is 0 Å². The van der Waals surface area contributed by atoms with Crippen molar-refractivity contribution in [2.24, 2.45) is 11.7 Å². The molecule has 0 aromatic carbocycles. The van der Waals surface area contributed by atoms with Crippen LogP contribution in [0.3, 0.4) is 0 Å². The fourth-order valence-electron chi connectivity index (χ4n) is 0.873. The third-order valence-corrected chi connectivity index (χ3v) is 1.47. The van der Waals surface area contributed by atoms with Gasteiger partial charge in [-0.25, -0.2) is 0 Å². The van der Waals surface area contributed by atoms with Crippen LogP contribution in [0.15, 0.2) is 36.1 Å². The minimum absolute atomic E-state index is 0.141. The minimum Gasteiger partial charge on any atom is -0.399 e. The van der Waals surface area contributed by atoms with Crippen LogP contribution in [0, 0.1) is 5.92 Å². The number of nitrogens with two attached hydrogens (primary N) is 1. The molecule has 1 aliphatic rings. The van der Waals surface area contributed by atoms with Crippen molar-refractivity contribution in [2.45, 2.75) is 6.18 Å². The highest BCUT2D eigenvalue weighted by atomic mass is 19.4. The highest BCUT2D eigenvalue weighted by Gasteiger charge is 2.36. The number of allylic oxidation sites excluding steroid dienone is 5. The maximum atomic E-state index is 12.1. The molecule has 2 N–H and O–H groups in total. The first-order valence-electron chi connectivity index (χ1n) is 3.39. The van der Waals surface area contributed by atoms with Crippen molar-refractivity contribution in [3.8, 4) is 0 Å². The lowest BCUT2D eigenvalue weighted by atomic mass is 10.1. The average molecular weight is 175 g/mol. The summed E-state index contributed by atoms with van der Waals surface area (Å²) in [5, 5.41) is 0. The normalized spacial score (nSPS) is 23.6. The molecule has 0 aromatic rings. The van der Waals surface area contributed by atoms with E-state index in [1.54, 1.807) is 0 Å². The van der Waals surface area contributed by atoms with Gasteiger partial charge in [0, 0.05) is 5.70 Å². The molecular weight excluding hydrogens is 167 g/mol. The van der Waals surface area contributed by atoms with Gasteiger partial charge in [0.05, 0.1) is 5.92 Å². The number of alkyl halides is 3. The lowest BCUT2D eigenvalue weighted by molar-refractivity contribution is -0.148. The van der Waals surface area contributed by atoms with Crippen molar-refractivity contribution in [1.82, 2.24) is 0 Å². The third-order valence-electron chi connectivity index (χ3n) is 1.47. The van der Waals surface area contributed by atoms with Gasteiger partial charge in [0.15, 0.2) is 0 Å². The van der Waals surface area contributed by atoms with E-state index >= 15 is 0 Å². The van der Waals surface area contributed by atoms with E-state index in [0.717, 1.165) is 12.2 Å². The van der Waals surface area contributed by atoms with Gasteiger partial charge in [0.2, 0.25) is 0 Å². The number of rotatable bonds is 0. The predicted molar refractivity (Wildman–Crippen MR) is 40.1 cm³/mol. The van der Waals surface area contributed by atoms with Crippen LogP contribution >= 0.6 is 0 Å². The number of hydrogen-bond donors (Lipinski definition) is 1. The Kier molecular flexibility index (Phi) is 2.26. The van der Waals surface area contributed by atoms with Crippen molar-refractivity contribution in [3.05, 3.63) is 36.1 Å². The Morgan fingerprint density at radius 3 is 2.50 bits per heavy atom. The molecular formula is C8H8F3N. The summed E-state index contributed by atoms with van der Waals surface area (Å²) < 4.78 is 36.3. The van der Waals surface area contributed by atoms with Gasteiger partial charge in [0.25, 0.3) is 0 Å². The molecule has 0 saturated carbocycles. The van der Waals surface area contributed by atoms with E-state index in [9.17, 15) is 13.2 Å².